The summed E-state index contributed by atoms with van der Waals surface area (Å²) in [7, 11) is 2.21. The molecule has 3 atom stereocenters. The van der Waals surface area contributed by atoms with Crippen molar-refractivity contribution in [2.75, 3.05) is 46.4 Å². The number of hydrogen-bond donors (Lipinski definition) is 1. The molecule has 2 aliphatic rings. The first-order valence-corrected chi connectivity index (χ1v) is 8.22. The van der Waals surface area contributed by atoms with Gasteiger partial charge in [0.15, 0.2) is 0 Å². The molecule has 4 heteroatoms. The Kier molecular flexibility index (Phi) is 5.46. The van der Waals surface area contributed by atoms with Crippen LogP contribution in [0.3, 0.4) is 0 Å². The van der Waals surface area contributed by atoms with E-state index in [0.717, 1.165) is 13.0 Å². The number of ether oxygens (including phenoxy) is 1. The lowest BCUT2D eigenvalue weighted by molar-refractivity contribution is -0.116. The molecule has 2 rings (SSSR count). The first kappa shape index (κ1) is 16.2. The van der Waals surface area contributed by atoms with Gasteiger partial charge in [-0.25, -0.2) is 0 Å². The molecule has 1 heterocycles. The molecule has 1 aliphatic carbocycles. The van der Waals surface area contributed by atoms with E-state index < -0.39 is 0 Å². The van der Waals surface area contributed by atoms with Gasteiger partial charge in [0.05, 0.1) is 6.10 Å². The van der Waals surface area contributed by atoms with Gasteiger partial charge in [-0.3, -0.25) is 4.90 Å². The maximum Gasteiger partial charge on any atom is 0.0655 e. The van der Waals surface area contributed by atoms with E-state index in [9.17, 15) is 0 Å². The zero-order valence-electron chi connectivity index (χ0n) is 14.0. The third kappa shape index (κ3) is 3.73. The van der Waals surface area contributed by atoms with E-state index in [1.54, 1.807) is 0 Å². The van der Waals surface area contributed by atoms with Crippen molar-refractivity contribution in [3.8, 4) is 0 Å². The summed E-state index contributed by atoms with van der Waals surface area (Å²) in [5.41, 5.74) is 0.270. The standard InChI is InChI=1S/C16H33N3O/c1-6-20-15-11-14(16(15,3)4)17-13(2)12-19-9-7-18(5)8-10-19/h13-15,17H,6-12H2,1-5H3/t13-,14+,15+/m0/s1. The molecule has 0 radical (unpaired) electrons. The minimum Gasteiger partial charge on any atom is -0.378 e. The van der Waals surface area contributed by atoms with Gasteiger partial charge in [0.1, 0.15) is 0 Å². The Morgan fingerprint density at radius 2 is 1.90 bits per heavy atom. The van der Waals surface area contributed by atoms with E-state index >= 15 is 0 Å². The minimum atomic E-state index is 0.270. The fourth-order valence-electron chi connectivity index (χ4n) is 3.47. The molecule has 0 aromatic carbocycles. The van der Waals surface area contributed by atoms with Crippen LogP contribution in [-0.2, 0) is 4.74 Å². The Labute approximate surface area is 124 Å². The second kappa shape index (κ2) is 6.73. The predicted octanol–water partition coefficient (Wildman–Crippen LogP) is 1.42. The summed E-state index contributed by atoms with van der Waals surface area (Å²) < 4.78 is 5.81. The molecule has 1 saturated carbocycles. The highest BCUT2D eigenvalue weighted by Gasteiger charge is 2.48. The summed E-state index contributed by atoms with van der Waals surface area (Å²) in [6, 6.07) is 1.16. The van der Waals surface area contributed by atoms with Crippen LogP contribution in [-0.4, -0.2) is 74.4 Å². The highest BCUT2D eigenvalue weighted by Crippen LogP contribution is 2.42. The van der Waals surface area contributed by atoms with Crippen LogP contribution in [0.2, 0.25) is 0 Å². The summed E-state index contributed by atoms with van der Waals surface area (Å²) in [6.45, 7) is 15.9. The largest absolute Gasteiger partial charge is 0.378 e. The zero-order chi connectivity index (χ0) is 14.8. The first-order chi connectivity index (χ1) is 9.43. The highest BCUT2D eigenvalue weighted by atomic mass is 16.5. The van der Waals surface area contributed by atoms with Crippen LogP contribution in [0.5, 0.6) is 0 Å². The van der Waals surface area contributed by atoms with Crippen LogP contribution in [0.1, 0.15) is 34.1 Å². The van der Waals surface area contributed by atoms with Crippen LogP contribution in [0, 0.1) is 5.41 Å². The van der Waals surface area contributed by atoms with E-state index in [4.69, 9.17) is 4.74 Å². The van der Waals surface area contributed by atoms with Gasteiger partial charge < -0.3 is 15.0 Å². The number of likely N-dealkylation sites (N-methyl/N-ethyl adjacent to an activating group) is 1. The molecule has 1 aliphatic heterocycles. The van der Waals surface area contributed by atoms with Gasteiger partial charge in [-0.1, -0.05) is 13.8 Å². The molecule has 0 spiro atoms. The van der Waals surface area contributed by atoms with Crippen LogP contribution >= 0.6 is 0 Å². The van der Waals surface area contributed by atoms with Crippen molar-refractivity contribution in [1.29, 1.82) is 0 Å². The van der Waals surface area contributed by atoms with Crippen molar-refractivity contribution < 1.29 is 4.74 Å². The van der Waals surface area contributed by atoms with Gasteiger partial charge in [-0.2, -0.15) is 0 Å². The van der Waals surface area contributed by atoms with Gasteiger partial charge in [0.25, 0.3) is 0 Å². The lowest BCUT2D eigenvalue weighted by Gasteiger charge is -2.53. The molecule has 1 saturated heterocycles. The van der Waals surface area contributed by atoms with Crippen molar-refractivity contribution >= 4 is 0 Å². The molecule has 0 unspecified atom stereocenters. The summed E-state index contributed by atoms with van der Waals surface area (Å²) in [6.07, 6.45) is 1.59. The molecule has 0 aromatic heterocycles. The van der Waals surface area contributed by atoms with Gasteiger partial charge in [0, 0.05) is 56.8 Å². The number of hydrogen-bond acceptors (Lipinski definition) is 4. The highest BCUT2D eigenvalue weighted by molar-refractivity contribution is 5.03. The molecule has 2 fully saturated rings. The smallest absolute Gasteiger partial charge is 0.0655 e. The molecule has 0 amide bonds. The molecule has 1 N–H and O–H groups in total. The second-order valence-corrected chi connectivity index (χ2v) is 7.23. The number of rotatable bonds is 6. The molecule has 0 bridgehead atoms. The van der Waals surface area contributed by atoms with Crippen molar-refractivity contribution in [1.82, 2.24) is 15.1 Å². The maximum atomic E-state index is 5.81. The van der Waals surface area contributed by atoms with E-state index in [-0.39, 0.29) is 5.41 Å². The summed E-state index contributed by atoms with van der Waals surface area (Å²) in [5, 5.41) is 3.82. The van der Waals surface area contributed by atoms with Crippen LogP contribution < -0.4 is 5.32 Å². The molecule has 118 valence electrons. The van der Waals surface area contributed by atoms with E-state index in [1.807, 2.05) is 0 Å². The first-order valence-electron chi connectivity index (χ1n) is 8.22. The van der Waals surface area contributed by atoms with Crippen molar-refractivity contribution in [2.45, 2.75) is 52.3 Å². The van der Waals surface area contributed by atoms with Gasteiger partial charge in [0.2, 0.25) is 0 Å². The average molecular weight is 283 g/mol. The summed E-state index contributed by atoms with van der Waals surface area (Å²) >= 11 is 0. The molecule has 4 nitrogen and oxygen atoms in total. The van der Waals surface area contributed by atoms with E-state index in [2.05, 4.69) is 49.9 Å². The predicted molar refractivity (Wildman–Crippen MR) is 84.1 cm³/mol. The number of piperazine rings is 1. The normalized spacial score (nSPS) is 32.9. The van der Waals surface area contributed by atoms with Gasteiger partial charge >= 0.3 is 0 Å². The van der Waals surface area contributed by atoms with Crippen LogP contribution in [0.25, 0.3) is 0 Å². The quantitative estimate of drug-likeness (QED) is 0.798. The Hall–Kier alpha value is -0.160. The fraction of sp³-hybridized carbons (Fsp3) is 1.00. The van der Waals surface area contributed by atoms with Crippen LogP contribution in [0.15, 0.2) is 0 Å². The third-order valence-electron chi connectivity index (χ3n) is 5.16. The Balaban J connectivity index is 1.71. The summed E-state index contributed by atoms with van der Waals surface area (Å²) in [4.78, 5) is 5.00. The SMILES string of the molecule is CCO[C@@H]1C[C@@H](N[C@@H](C)CN2CCN(C)CC2)C1(C)C. The molecular formula is C16H33N3O. The zero-order valence-corrected chi connectivity index (χ0v) is 14.0. The lowest BCUT2D eigenvalue weighted by atomic mass is 9.64. The molecule has 0 aromatic rings. The topological polar surface area (TPSA) is 27.7 Å². The van der Waals surface area contributed by atoms with E-state index in [0.29, 0.717) is 18.2 Å². The molecule has 20 heavy (non-hydrogen) atoms. The van der Waals surface area contributed by atoms with Gasteiger partial charge in [-0.05, 0) is 27.3 Å². The number of nitrogens with zero attached hydrogens (tertiary/aromatic N) is 2. The van der Waals surface area contributed by atoms with E-state index in [1.165, 1.54) is 32.7 Å². The monoisotopic (exact) mass is 283 g/mol. The lowest BCUT2D eigenvalue weighted by Crippen LogP contribution is -2.63. The number of nitrogens with one attached hydrogen (secondary N) is 1. The molecular weight excluding hydrogens is 250 g/mol. The second-order valence-electron chi connectivity index (χ2n) is 7.23. The van der Waals surface area contributed by atoms with Crippen molar-refractivity contribution in [2.24, 2.45) is 5.41 Å². The minimum absolute atomic E-state index is 0.270. The average Bonchev–Trinajstić information content (AvgIpc) is 2.40. The van der Waals surface area contributed by atoms with Crippen molar-refractivity contribution in [3.63, 3.8) is 0 Å². The Morgan fingerprint density at radius 1 is 1.25 bits per heavy atom. The summed E-state index contributed by atoms with van der Waals surface area (Å²) in [5.74, 6) is 0. The van der Waals surface area contributed by atoms with Crippen LogP contribution in [0.4, 0.5) is 0 Å². The van der Waals surface area contributed by atoms with Gasteiger partial charge in [-0.15, -0.1) is 0 Å². The Bertz CT molecular complexity index is 300. The Morgan fingerprint density at radius 3 is 2.45 bits per heavy atom. The maximum absolute atomic E-state index is 5.81. The third-order valence-corrected chi connectivity index (χ3v) is 5.16. The van der Waals surface area contributed by atoms with Crippen molar-refractivity contribution in [3.05, 3.63) is 0 Å². The fourth-order valence-corrected chi connectivity index (χ4v) is 3.47.